The molecule has 0 saturated carbocycles. The molecule has 53 heavy (non-hydrogen) atoms. The Labute approximate surface area is 306 Å². The fraction of sp³-hybridized carbons (Fsp3) is 0.0612. The Hall–Kier alpha value is -6.96. The van der Waals surface area contributed by atoms with Crippen LogP contribution in [0.2, 0.25) is 0 Å². The van der Waals surface area contributed by atoms with Gasteiger partial charge in [0, 0.05) is 44.7 Å². The van der Waals surface area contributed by atoms with Crippen molar-refractivity contribution in [1.82, 2.24) is 4.57 Å². The molecule has 0 atom stereocenters. The molecule has 3 aromatic heterocycles. The molecule has 10 rings (SSSR count). The molecule has 0 radical (unpaired) electrons. The average Bonchev–Trinajstić information content (AvgIpc) is 3.89. The van der Waals surface area contributed by atoms with Crippen molar-refractivity contribution in [2.75, 3.05) is 11.4 Å². The van der Waals surface area contributed by atoms with Crippen molar-refractivity contribution in [1.29, 1.82) is 0 Å². The Balaban J connectivity index is 1.17. The Morgan fingerprint density at radius 2 is 1.40 bits per heavy atom. The Kier molecular flexibility index (Phi) is 7.37. The number of benzene rings is 6. The van der Waals surface area contributed by atoms with Crippen LogP contribution in [0.15, 0.2) is 167 Å². The van der Waals surface area contributed by atoms with Crippen molar-refractivity contribution in [2.24, 2.45) is 0 Å². The van der Waals surface area contributed by atoms with Crippen molar-refractivity contribution in [3.8, 4) is 29.2 Å². The van der Waals surface area contributed by atoms with Crippen molar-refractivity contribution in [2.45, 2.75) is 12.8 Å². The lowest BCUT2D eigenvalue weighted by Gasteiger charge is -2.28. The summed E-state index contributed by atoms with van der Waals surface area (Å²) >= 11 is 0. The summed E-state index contributed by atoms with van der Waals surface area (Å²) in [4.78, 5) is 2.43. The van der Waals surface area contributed by atoms with Crippen molar-refractivity contribution in [3.05, 3.63) is 168 Å². The maximum atomic E-state index is 6.57. The van der Waals surface area contributed by atoms with Crippen LogP contribution in [0.4, 0.5) is 5.69 Å². The van der Waals surface area contributed by atoms with Gasteiger partial charge in [0.2, 0.25) is 0 Å². The van der Waals surface area contributed by atoms with E-state index in [1.54, 1.807) is 6.08 Å². The second kappa shape index (κ2) is 12.7. The van der Waals surface area contributed by atoms with Gasteiger partial charge in [0.15, 0.2) is 0 Å². The van der Waals surface area contributed by atoms with Crippen molar-refractivity contribution < 1.29 is 8.83 Å². The van der Waals surface area contributed by atoms with Crippen LogP contribution in [0.3, 0.4) is 0 Å². The molecule has 4 heteroatoms. The number of allylic oxidation sites excluding steroid dienone is 3. The van der Waals surface area contributed by atoms with E-state index in [9.17, 15) is 0 Å². The van der Waals surface area contributed by atoms with Gasteiger partial charge in [0.1, 0.15) is 22.2 Å². The molecule has 4 nitrogen and oxygen atoms in total. The molecule has 0 spiro atoms. The Morgan fingerprint density at radius 3 is 2.28 bits per heavy atom. The number of anilines is 1. The van der Waals surface area contributed by atoms with Crippen LogP contribution in [0.25, 0.3) is 83.3 Å². The van der Waals surface area contributed by atoms with E-state index < -0.39 is 0 Å². The van der Waals surface area contributed by atoms with Crippen molar-refractivity contribution >= 4 is 72.2 Å². The zero-order valence-electron chi connectivity index (χ0n) is 29.0. The summed E-state index contributed by atoms with van der Waals surface area (Å²) in [6.45, 7) is 0.650. The van der Waals surface area contributed by atoms with Gasteiger partial charge in [-0.1, -0.05) is 96.9 Å². The zero-order chi connectivity index (χ0) is 35.3. The first-order valence-corrected chi connectivity index (χ1v) is 18.1. The topological polar surface area (TPSA) is 34.5 Å². The first-order valence-electron chi connectivity index (χ1n) is 18.1. The van der Waals surface area contributed by atoms with Crippen LogP contribution in [0.5, 0.6) is 0 Å². The predicted octanol–water partition coefficient (Wildman–Crippen LogP) is 11.0. The Morgan fingerprint density at radius 1 is 0.660 bits per heavy atom. The van der Waals surface area contributed by atoms with Gasteiger partial charge in [0.05, 0.1) is 22.1 Å². The fourth-order valence-corrected chi connectivity index (χ4v) is 8.17. The highest BCUT2D eigenvalue weighted by atomic mass is 16.3. The van der Waals surface area contributed by atoms with Gasteiger partial charge in [-0.2, -0.15) is 0 Å². The number of fused-ring (bicyclic) bond motifs is 9. The fourth-order valence-electron chi connectivity index (χ4n) is 8.17. The van der Waals surface area contributed by atoms with Gasteiger partial charge in [-0.05, 0) is 96.8 Å². The summed E-state index contributed by atoms with van der Waals surface area (Å²) in [6, 6.07) is 47.4. The quantitative estimate of drug-likeness (QED) is 0.124. The maximum Gasteiger partial charge on any atom is 0.137 e. The third-order valence-electron chi connectivity index (χ3n) is 10.5. The number of hydrogen-bond acceptors (Lipinski definition) is 3. The summed E-state index contributed by atoms with van der Waals surface area (Å²) in [5.41, 5.74) is 11.7. The molecular weight excluding hydrogens is 649 g/mol. The predicted molar refractivity (Wildman–Crippen MR) is 221 cm³/mol. The molecule has 0 bridgehead atoms. The van der Waals surface area contributed by atoms with Crippen LogP contribution in [0, 0.1) is 12.3 Å². The molecule has 0 N–H and O–H groups in total. The molecular formula is C49H34N2O2. The summed E-state index contributed by atoms with van der Waals surface area (Å²) in [5.74, 6) is 2.59. The van der Waals surface area contributed by atoms with E-state index in [0.29, 0.717) is 6.54 Å². The largest absolute Gasteiger partial charge is 0.456 e. The molecule has 0 fully saturated rings. The van der Waals surface area contributed by atoms with Crippen LogP contribution in [0.1, 0.15) is 12.8 Å². The summed E-state index contributed by atoms with van der Waals surface area (Å²) in [7, 11) is 0. The van der Waals surface area contributed by atoms with Crippen LogP contribution in [-0.4, -0.2) is 11.1 Å². The number of terminal acetylenes is 1. The first kappa shape index (κ1) is 30.8. The summed E-state index contributed by atoms with van der Waals surface area (Å²) in [6.07, 6.45) is 17.3. The van der Waals surface area contributed by atoms with E-state index in [4.69, 9.17) is 15.3 Å². The number of rotatable bonds is 7. The van der Waals surface area contributed by atoms with Gasteiger partial charge in [0.25, 0.3) is 0 Å². The monoisotopic (exact) mass is 682 g/mol. The van der Waals surface area contributed by atoms with E-state index >= 15 is 0 Å². The lowest BCUT2D eigenvalue weighted by molar-refractivity contribution is 0.570. The van der Waals surface area contributed by atoms with Crippen molar-refractivity contribution in [3.63, 3.8) is 0 Å². The highest BCUT2D eigenvalue weighted by molar-refractivity contribution is 6.14. The van der Waals surface area contributed by atoms with Crippen LogP contribution < -0.4 is 15.5 Å². The van der Waals surface area contributed by atoms with E-state index in [-0.39, 0.29) is 0 Å². The van der Waals surface area contributed by atoms with Gasteiger partial charge in [-0.3, -0.25) is 0 Å². The van der Waals surface area contributed by atoms with E-state index in [2.05, 4.69) is 155 Å². The number of aromatic nitrogens is 1. The molecule has 0 aliphatic heterocycles. The second-order valence-corrected chi connectivity index (χ2v) is 13.5. The van der Waals surface area contributed by atoms with Crippen LogP contribution in [-0.2, 0) is 0 Å². The van der Waals surface area contributed by atoms with Gasteiger partial charge in [-0.25, -0.2) is 0 Å². The molecule has 3 heterocycles. The number of para-hydroxylation sites is 3. The molecule has 0 unspecified atom stereocenters. The molecule has 0 saturated heterocycles. The second-order valence-electron chi connectivity index (χ2n) is 13.5. The number of nitrogens with zero attached hydrogens (tertiary/aromatic N) is 2. The van der Waals surface area contributed by atoms with Crippen LogP contribution >= 0.6 is 0 Å². The first-order chi connectivity index (χ1) is 26.3. The van der Waals surface area contributed by atoms with Gasteiger partial charge < -0.3 is 18.3 Å². The molecule has 1 aliphatic rings. The highest BCUT2D eigenvalue weighted by Crippen LogP contribution is 2.41. The third-order valence-corrected chi connectivity index (χ3v) is 10.5. The number of furan rings is 2. The number of hydrogen-bond donors (Lipinski definition) is 0. The van der Waals surface area contributed by atoms with Gasteiger partial charge in [-0.15, -0.1) is 6.42 Å². The third kappa shape index (κ3) is 5.09. The smallest absolute Gasteiger partial charge is 0.137 e. The average molecular weight is 683 g/mol. The maximum absolute atomic E-state index is 6.57. The molecule has 0 amide bonds. The minimum absolute atomic E-state index is 0.650. The summed E-state index contributed by atoms with van der Waals surface area (Å²) < 4.78 is 15.3. The summed E-state index contributed by atoms with van der Waals surface area (Å²) in [5, 5.41) is 6.93. The zero-order valence-corrected chi connectivity index (χ0v) is 29.0. The normalized spacial score (nSPS) is 13.2. The van der Waals surface area contributed by atoms with E-state index in [0.717, 1.165) is 78.9 Å². The standard InChI is InChI=1S/C49H34N2O2/c1-2-3-4-5-13-30-50(42-21-14-24-46-48(42)37-19-10-12-23-44(37)52-46)43-22-15-25-47-49(43)39-32-34(27-29-45(39)53-47)33-26-28-41-38(31-33)36-18-9-11-20-40(36)51(41)35-16-7-6-8-17-35/h1,3-13,15-20,22-29,31-32H,14,21,30H2/b4-3-,13-5-. The highest BCUT2D eigenvalue weighted by Gasteiger charge is 2.22. The lowest BCUT2D eigenvalue weighted by Crippen LogP contribution is -2.35. The molecule has 1 aliphatic carbocycles. The van der Waals surface area contributed by atoms with Gasteiger partial charge >= 0.3 is 0 Å². The van der Waals surface area contributed by atoms with E-state index in [1.807, 2.05) is 18.2 Å². The minimum Gasteiger partial charge on any atom is -0.456 e. The van der Waals surface area contributed by atoms with E-state index in [1.165, 1.54) is 27.5 Å². The lowest BCUT2D eigenvalue weighted by atomic mass is 9.99. The SMILES string of the molecule is C#C/C=C\C=C/CN(C1=c2c(oc3ccccc23)=CCC1)c1cccc2oc3ccc(-c4ccc5c(c4)c4ccccc4n5-c4ccccc4)cc3c12. The molecule has 9 aromatic rings. The molecule has 252 valence electrons. The minimum atomic E-state index is 0.650. The molecule has 6 aromatic carbocycles. The Bertz CT molecular complexity index is 3110.